The summed E-state index contributed by atoms with van der Waals surface area (Å²) in [6, 6.07) is 12.2. The third-order valence-electron chi connectivity index (χ3n) is 4.65. The van der Waals surface area contributed by atoms with Crippen molar-refractivity contribution in [2.45, 2.75) is 19.8 Å². The van der Waals surface area contributed by atoms with E-state index >= 15 is 0 Å². The molecule has 0 unspecified atom stereocenters. The van der Waals surface area contributed by atoms with E-state index in [9.17, 15) is 4.79 Å². The van der Waals surface area contributed by atoms with Gasteiger partial charge < -0.3 is 15.5 Å². The molecule has 0 saturated heterocycles. The molecule has 3 aromatic rings. The molecule has 1 saturated carbocycles. The van der Waals surface area contributed by atoms with E-state index in [0.717, 1.165) is 46.2 Å². The van der Waals surface area contributed by atoms with Crippen LogP contribution in [0.25, 0.3) is 10.4 Å². The zero-order chi connectivity index (χ0) is 19.7. The van der Waals surface area contributed by atoms with Crippen LogP contribution in [0.3, 0.4) is 0 Å². The molecule has 4 rings (SSSR count). The van der Waals surface area contributed by atoms with Gasteiger partial charge >= 0.3 is 0 Å². The summed E-state index contributed by atoms with van der Waals surface area (Å²) in [6.07, 6.45) is 3.75. The first kappa shape index (κ1) is 18.4. The Morgan fingerprint density at radius 1 is 1.18 bits per heavy atom. The number of pyridine rings is 1. The molecular formula is C21H23N5OS. The Bertz CT molecular complexity index is 992. The lowest BCUT2D eigenvalue weighted by atomic mass is 10.2. The van der Waals surface area contributed by atoms with Gasteiger partial charge in [-0.15, -0.1) is 0 Å². The molecule has 7 heteroatoms. The van der Waals surface area contributed by atoms with Crippen LogP contribution in [0.4, 0.5) is 22.3 Å². The third kappa shape index (κ3) is 4.14. The van der Waals surface area contributed by atoms with Gasteiger partial charge in [0.15, 0.2) is 5.13 Å². The minimum absolute atomic E-state index is 0.0820. The predicted molar refractivity (Wildman–Crippen MR) is 115 cm³/mol. The van der Waals surface area contributed by atoms with Gasteiger partial charge in [0.1, 0.15) is 5.82 Å². The van der Waals surface area contributed by atoms with E-state index in [1.165, 1.54) is 11.3 Å². The van der Waals surface area contributed by atoms with Gasteiger partial charge in [0.25, 0.3) is 0 Å². The summed E-state index contributed by atoms with van der Waals surface area (Å²) in [5.74, 6) is 1.02. The normalized spacial score (nSPS) is 13.2. The highest BCUT2D eigenvalue weighted by molar-refractivity contribution is 7.19. The van der Waals surface area contributed by atoms with E-state index in [-0.39, 0.29) is 11.8 Å². The van der Waals surface area contributed by atoms with Crippen molar-refractivity contribution in [3.8, 4) is 10.4 Å². The first-order valence-electron chi connectivity index (χ1n) is 9.29. The second kappa shape index (κ2) is 7.59. The fraction of sp³-hybridized carbons (Fsp3) is 0.286. The van der Waals surface area contributed by atoms with Crippen LogP contribution in [0.2, 0.25) is 0 Å². The van der Waals surface area contributed by atoms with E-state index in [2.05, 4.69) is 37.6 Å². The number of aromatic nitrogens is 2. The number of carbonyl (C=O) groups is 1. The number of nitrogens with zero attached hydrogens (tertiary/aromatic N) is 3. The molecule has 0 spiro atoms. The Labute approximate surface area is 168 Å². The molecule has 1 aliphatic carbocycles. The lowest BCUT2D eigenvalue weighted by molar-refractivity contribution is -0.117. The number of nitrogens with one attached hydrogen (secondary N) is 2. The zero-order valence-corrected chi connectivity index (χ0v) is 17.0. The van der Waals surface area contributed by atoms with Crippen LogP contribution in [0.1, 0.15) is 18.5 Å². The number of hydrogen-bond donors (Lipinski definition) is 2. The molecule has 2 heterocycles. The van der Waals surface area contributed by atoms with Crippen molar-refractivity contribution in [1.29, 1.82) is 0 Å². The summed E-state index contributed by atoms with van der Waals surface area (Å²) in [4.78, 5) is 24.0. The molecule has 0 atom stereocenters. The minimum atomic E-state index is 0.0820. The van der Waals surface area contributed by atoms with Crippen LogP contribution in [0.5, 0.6) is 0 Å². The van der Waals surface area contributed by atoms with Crippen LogP contribution in [-0.2, 0) is 4.79 Å². The molecule has 1 aliphatic rings. The van der Waals surface area contributed by atoms with Crippen molar-refractivity contribution < 1.29 is 4.79 Å². The minimum Gasteiger partial charge on any atom is -0.378 e. The molecule has 28 heavy (non-hydrogen) atoms. The number of rotatable bonds is 6. The maximum absolute atomic E-state index is 12.0. The molecule has 1 amide bonds. The highest BCUT2D eigenvalue weighted by atomic mass is 32.1. The number of aryl methyl sites for hydroxylation is 1. The standard InChI is InChI=1S/C21H23N5OS/c1-13-19(28-21(23-13)25-20(27)14-4-5-14)15-10-11-22-18(12-15)24-16-6-8-17(9-7-16)26(2)3/h6-12,14H,4-5H2,1-3H3,(H,22,24)(H,23,25,27). The summed E-state index contributed by atoms with van der Waals surface area (Å²) in [5.41, 5.74) is 4.06. The first-order chi connectivity index (χ1) is 13.5. The number of carbonyl (C=O) groups excluding carboxylic acids is 1. The fourth-order valence-corrected chi connectivity index (χ4v) is 3.87. The van der Waals surface area contributed by atoms with Gasteiger partial charge in [-0.25, -0.2) is 9.97 Å². The van der Waals surface area contributed by atoms with E-state index in [4.69, 9.17) is 0 Å². The van der Waals surface area contributed by atoms with Crippen molar-refractivity contribution in [3.63, 3.8) is 0 Å². The molecule has 0 aliphatic heterocycles. The third-order valence-corrected chi connectivity index (χ3v) is 5.78. The molecular weight excluding hydrogens is 370 g/mol. The number of amides is 1. The first-order valence-corrected chi connectivity index (χ1v) is 10.1. The molecule has 1 fully saturated rings. The Morgan fingerprint density at radius 3 is 2.61 bits per heavy atom. The lowest BCUT2D eigenvalue weighted by Crippen LogP contribution is -2.12. The topological polar surface area (TPSA) is 70.1 Å². The van der Waals surface area contributed by atoms with Gasteiger partial charge in [-0.1, -0.05) is 11.3 Å². The molecule has 2 aromatic heterocycles. The molecule has 1 aromatic carbocycles. The van der Waals surface area contributed by atoms with Crippen molar-refractivity contribution in [2.75, 3.05) is 29.6 Å². The Morgan fingerprint density at radius 2 is 1.93 bits per heavy atom. The largest absolute Gasteiger partial charge is 0.378 e. The van der Waals surface area contributed by atoms with Crippen LogP contribution in [0, 0.1) is 12.8 Å². The summed E-state index contributed by atoms with van der Waals surface area (Å²) in [7, 11) is 4.04. The average Bonchev–Trinajstić information content (AvgIpc) is 3.46. The molecule has 6 nitrogen and oxygen atoms in total. The zero-order valence-electron chi connectivity index (χ0n) is 16.2. The van der Waals surface area contributed by atoms with Crippen LogP contribution < -0.4 is 15.5 Å². The monoisotopic (exact) mass is 393 g/mol. The lowest BCUT2D eigenvalue weighted by Gasteiger charge is -2.13. The second-order valence-electron chi connectivity index (χ2n) is 7.19. The summed E-state index contributed by atoms with van der Waals surface area (Å²) < 4.78 is 0. The van der Waals surface area contributed by atoms with Crippen LogP contribution in [-0.4, -0.2) is 30.0 Å². The van der Waals surface area contributed by atoms with Crippen molar-refractivity contribution >= 4 is 39.6 Å². The van der Waals surface area contributed by atoms with Crippen molar-refractivity contribution in [1.82, 2.24) is 9.97 Å². The maximum Gasteiger partial charge on any atom is 0.229 e. The number of hydrogen-bond acceptors (Lipinski definition) is 6. The smallest absolute Gasteiger partial charge is 0.229 e. The van der Waals surface area contributed by atoms with Gasteiger partial charge in [0.2, 0.25) is 5.91 Å². The van der Waals surface area contributed by atoms with Crippen molar-refractivity contribution in [3.05, 3.63) is 48.3 Å². The summed E-state index contributed by atoms with van der Waals surface area (Å²) in [6.45, 7) is 1.96. The van der Waals surface area contributed by atoms with E-state index in [0.29, 0.717) is 5.13 Å². The molecule has 0 radical (unpaired) electrons. The highest BCUT2D eigenvalue weighted by Gasteiger charge is 2.30. The summed E-state index contributed by atoms with van der Waals surface area (Å²) in [5, 5.41) is 6.95. The second-order valence-corrected chi connectivity index (χ2v) is 8.19. The number of anilines is 4. The van der Waals surface area contributed by atoms with Gasteiger partial charge in [-0.2, -0.15) is 0 Å². The molecule has 144 valence electrons. The van der Waals surface area contributed by atoms with Crippen LogP contribution in [0.15, 0.2) is 42.6 Å². The molecule has 0 bridgehead atoms. The summed E-state index contributed by atoms with van der Waals surface area (Å²) >= 11 is 1.50. The molecule has 2 N–H and O–H groups in total. The SMILES string of the molecule is Cc1nc(NC(=O)C2CC2)sc1-c1ccnc(Nc2ccc(N(C)C)cc2)c1. The highest BCUT2D eigenvalue weighted by Crippen LogP contribution is 2.35. The Kier molecular flexibility index (Phi) is 5.00. The average molecular weight is 394 g/mol. The Balaban J connectivity index is 1.51. The van der Waals surface area contributed by atoms with Gasteiger partial charge in [0.05, 0.1) is 10.6 Å². The Hall–Kier alpha value is -2.93. The maximum atomic E-state index is 12.0. The number of thiazole rings is 1. The van der Waals surface area contributed by atoms with E-state index < -0.39 is 0 Å². The van der Waals surface area contributed by atoms with Gasteiger partial charge in [-0.3, -0.25) is 4.79 Å². The predicted octanol–water partition coefficient (Wildman–Crippen LogP) is 4.67. The van der Waals surface area contributed by atoms with Crippen molar-refractivity contribution in [2.24, 2.45) is 5.92 Å². The number of benzene rings is 1. The quantitative estimate of drug-likeness (QED) is 0.637. The fourth-order valence-electron chi connectivity index (χ4n) is 2.90. The van der Waals surface area contributed by atoms with Crippen LogP contribution >= 0.6 is 11.3 Å². The van der Waals surface area contributed by atoms with E-state index in [1.807, 2.05) is 45.3 Å². The van der Waals surface area contributed by atoms with Gasteiger partial charge in [0, 0.05) is 37.6 Å². The van der Waals surface area contributed by atoms with Gasteiger partial charge in [-0.05, 0) is 61.7 Å². The van der Waals surface area contributed by atoms with E-state index in [1.54, 1.807) is 6.20 Å².